The molecule has 0 atom stereocenters. The van der Waals surface area contributed by atoms with E-state index in [-0.39, 0.29) is 18.0 Å². The van der Waals surface area contributed by atoms with Crippen molar-refractivity contribution in [2.75, 3.05) is 26.2 Å². The molecule has 1 saturated heterocycles. The van der Waals surface area contributed by atoms with Crippen LogP contribution in [0, 0.1) is 6.92 Å². The van der Waals surface area contributed by atoms with E-state index in [1.165, 1.54) is 10.7 Å². The Morgan fingerprint density at radius 3 is 3.06 bits per heavy atom. The molecule has 2 rings (SSSR count). The zero-order valence-electron chi connectivity index (χ0n) is 10.6. The van der Waals surface area contributed by atoms with Gasteiger partial charge in [-0.15, -0.1) is 0 Å². The quantitative estimate of drug-likeness (QED) is 0.759. The van der Waals surface area contributed by atoms with Crippen molar-refractivity contribution in [2.45, 2.75) is 19.9 Å². The van der Waals surface area contributed by atoms with E-state index in [1.807, 2.05) is 0 Å². The van der Waals surface area contributed by atoms with Gasteiger partial charge in [-0.1, -0.05) is 0 Å². The summed E-state index contributed by atoms with van der Waals surface area (Å²) >= 11 is 0. The highest BCUT2D eigenvalue weighted by Gasteiger charge is 2.16. The van der Waals surface area contributed by atoms with Crippen molar-refractivity contribution in [2.24, 2.45) is 0 Å². The Kier molecular flexibility index (Phi) is 4.09. The highest BCUT2D eigenvalue weighted by Crippen LogP contribution is 1.97. The van der Waals surface area contributed by atoms with Gasteiger partial charge < -0.3 is 10.2 Å². The lowest BCUT2D eigenvalue weighted by Gasteiger charge is -2.20. The molecule has 1 aliphatic heterocycles. The number of hydrogen-bond donors (Lipinski definition) is 1. The summed E-state index contributed by atoms with van der Waals surface area (Å²) in [5.74, 6) is -0.0427. The second kappa shape index (κ2) is 5.77. The standard InChI is InChI=1S/C12H18N4O2/c1-10-3-4-11(17)16(14-10)9-12(18)15-7-2-5-13-6-8-15/h3-4,13H,2,5-9H2,1H3. The third-order valence-electron chi connectivity index (χ3n) is 2.98. The minimum absolute atomic E-state index is 0.0283. The van der Waals surface area contributed by atoms with Gasteiger partial charge in [0.25, 0.3) is 5.56 Å². The number of nitrogens with zero attached hydrogens (tertiary/aromatic N) is 3. The number of carbonyl (C=O) groups is 1. The molecule has 0 saturated carbocycles. The average molecular weight is 250 g/mol. The molecule has 1 aromatic heterocycles. The van der Waals surface area contributed by atoms with E-state index in [4.69, 9.17) is 0 Å². The Morgan fingerprint density at radius 2 is 2.22 bits per heavy atom. The van der Waals surface area contributed by atoms with Gasteiger partial charge in [-0.25, -0.2) is 4.68 Å². The van der Waals surface area contributed by atoms with Gasteiger partial charge in [-0.05, 0) is 26.0 Å². The molecule has 0 radical (unpaired) electrons. The van der Waals surface area contributed by atoms with Crippen molar-refractivity contribution >= 4 is 5.91 Å². The number of carbonyl (C=O) groups excluding carboxylic acids is 1. The number of aromatic nitrogens is 2. The van der Waals surface area contributed by atoms with Crippen LogP contribution in [0.4, 0.5) is 0 Å². The number of rotatable bonds is 2. The molecular formula is C12H18N4O2. The summed E-state index contributed by atoms with van der Waals surface area (Å²) in [5, 5.41) is 7.31. The van der Waals surface area contributed by atoms with Gasteiger partial charge in [0.1, 0.15) is 6.54 Å². The van der Waals surface area contributed by atoms with Crippen LogP contribution in [-0.2, 0) is 11.3 Å². The average Bonchev–Trinajstić information content (AvgIpc) is 2.62. The lowest BCUT2D eigenvalue weighted by atomic mass is 10.3. The highest BCUT2D eigenvalue weighted by atomic mass is 16.2. The molecule has 6 heteroatoms. The smallest absolute Gasteiger partial charge is 0.267 e. The van der Waals surface area contributed by atoms with Gasteiger partial charge in [-0.2, -0.15) is 5.10 Å². The van der Waals surface area contributed by atoms with Crippen molar-refractivity contribution in [3.63, 3.8) is 0 Å². The fourth-order valence-corrected chi connectivity index (χ4v) is 1.99. The summed E-state index contributed by atoms with van der Waals surface area (Å²) in [4.78, 5) is 25.4. The zero-order valence-corrected chi connectivity index (χ0v) is 10.6. The molecule has 1 fully saturated rings. The van der Waals surface area contributed by atoms with Crippen molar-refractivity contribution < 1.29 is 4.79 Å². The summed E-state index contributed by atoms with van der Waals surface area (Å²) in [6, 6.07) is 3.10. The first-order valence-corrected chi connectivity index (χ1v) is 6.20. The van der Waals surface area contributed by atoms with Crippen LogP contribution < -0.4 is 10.9 Å². The summed E-state index contributed by atoms with van der Waals surface area (Å²) in [6.45, 7) is 5.01. The molecule has 0 bridgehead atoms. The topological polar surface area (TPSA) is 67.2 Å². The van der Waals surface area contributed by atoms with E-state index in [0.717, 1.165) is 31.7 Å². The van der Waals surface area contributed by atoms with Gasteiger partial charge in [0.2, 0.25) is 5.91 Å². The molecule has 0 unspecified atom stereocenters. The SMILES string of the molecule is Cc1ccc(=O)n(CC(=O)N2CCCNCC2)n1. The normalized spacial score (nSPS) is 16.4. The third kappa shape index (κ3) is 3.16. The predicted molar refractivity (Wildman–Crippen MR) is 67.3 cm³/mol. The third-order valence-corrected chi connectivity index (χ3v) is 2.98. The molecule has 1 amide bonds. The minimum atomic E-state index is -0.234. The fraction of sp³-hybridized carbons (Fsp3) is 0.583. The van der Waals surface area contributed by atoms with E-state index in [0.29, 0.717) is 6.54 Å². The van der Waals surface area contributed by atoms with E-state index in [1.54, 1.807) is 17.9 Å². The monoisotopic (exact) mass is 250 g/mol. The maximum absolute atomic E-state index is 12.1. The number of aryl methyl sites for hydroxylation is 1. The Bertz CT molecular complexity index is 475. The molecule has 18 heavy (non-hydrogen) atoms. The minimum Gasteiger partial charge on any atom is -0.340 e. The fourth-order valence-electron chi connectivity index (χ4n) is 1.99. The number of nitrogens with one attached hydrogen (secondary N) is 1. The van der Waals surface area contributed by atoms with Crippen LogP contribution in [0.5, 0.6) is 0 Å². The molecule has 0 aliphatic carbocycles. The summed E-state index contributed by atoms with van der Waals surface area (Å²) in [7, 11) is 0. The van der Waals surface area contributed by atoms with E-state index in [2.05, 4.69) is 10.4 Å². The second-order valence-corrected chi connectivity index (χ2v) is 4.45. The Hall–Kier alpha value is -1.69. The predicted octanol–water partition coefficient (Wildman–Crippen LogP) is -0.626. The van der Waals surface area contributed by atoms with Crippen LogP contribution >= 0.6 is 0 Å². The summed E-state index contributed by atoms with van der Waals surface area (Å²) in [5.41, 5.74) is 0.502. The van der Waals surface area contributed by atoms with Gasteiger partial charge >= 0.3 is 0 Å². The maximum atomic E-state index is 12.1. The molecule has 1 aromatic rings. The van der Waals surface area contributed by atoms with E-state index < -0.39 is 0 Å². The van der Waals surface area contributed by atoms with Crippen molar-refractivity contribution in [1.82, 2.24) is 20.0 Å². The Morgan fingerprint density at radius 1 is 1.39 bits per heavy atom. The first-order valence-electron chi connectivity index (χ1n) is 6.20. The molecule has 2 heterocycles. The maximum Gasteiger partial charge on any atom is 0.267 e. The first kappa shape index (κ1) is 12.8. The van der Waals surface area contributed by atoms with Crippen molar-refractivity contribution in [1.29, 1.82) is 0 Å². The summed E-state index contributed by atoms with van der Waals surface area (Å²) in [6.07, 6.45) is 0.946. The summed E-state index contributed by atoms with van der Waals surface area (Å²) < 4.78 is 1.23. The highest BCUT2D eigenvalue weighted by molar-refractivity contribution is 5.75. The van der Waals surface area contributed by atoms with Gasteiger partial charge in [0, 0.05) is 25.7 Å². The molecule has 1 N–H and O–H groups in total. The molecule has 98 valence electrons. The second-order valence-electron chi connectivity index (χ2n) is 4.45. The number of amides is 1. The largest absolute Gasteiger partial charge is 0.340 e. The number of hydrogen-bond acceptors (Lipinski definition) is 4. The van der Waals surface area contributed by atoms with Crippen LogP contribution in [0.15, 0.2) is 16.9 Å². The molecular weight excluding hydrogens is 232 g/mol. The van der Waals surface area contributed by atoms with E-state index >= 15 is 0 Å². The Labute approximate surface area is 106 Å². The lowest BCUT2D eigenvalue weighted by molar-refractivity contribution is -0.131. The van der Waals surface area contributed by atoms with Crippen LogP contribution in [0.3, 0.4) is 0 Å². The van der Waals surface area contributed by atoms with Crippen LogP contribution in [-0.4, -0.2) is 46.8 Å². The van der Waals surface area contributed by atoms with Crippen LogP contribution in [0.1, 0.15) is 12.1 Å². The van der Waals surface area contributed by atoms with Gasteiger partial charge in [-0.3, -0.25) is 9.59 Å². The molecule has 1 aliphatic rings. The molecule has 0 aromatic carbocycles. The van der Waals surface area contributed by atoms with Gasteiger partial charge in [0.15, 0.2) is 0 Å². The Balaban J connectivity index is 2.05. The first-order chi connectivity index (χ1) is 8.66. The van der Waals surface area contributed by atoms with Crippen molar-refractivity contribution in [3.05, 3.63) is 28.2 Å². The van der Waals surface area contributed by atoms with E-state index in [9.17, 15) is 9.59 Å². The van der Waals surface area contributed by atoms with Crippen molar-refractivity contribution in [3.8, 4) is 0 Å². The lowest BCUT2D eigenvalue weighted by Crippen LogP contribution is -2.39. The zero-order chi connectivity index (χ0) is 13.0. The van der Waals surface area contributed by atoms with Crippen LogP contribution in [0.25, 0.3) is 0 Å². The molecule has 0 spiro atoms. The van der Waals surface area contributed by atoms with Crippen LogP contribution in [0.2, 0.25) is 0 Å². The van der Waals surface area contributed by atoms with Gasteiger partial charge in [0.05, 0.1) is 5.69 Å². The molecule has 6 nitrogen and oxygen atoms in total.